The molecule has 19 heavy (non-hydrogen) atoms. The molecule has 0 aliphatic heterocycles. The van der Waals surface area contributed by atoms with Crippen molar-refractivity contribution in [1.29, 1.82) is 0 Å². The highest BCUT2D eigenvalue weighted by Gasteiger charge is 2.05. The SMILES string of the molecule is CCc1csc(CNCc2ccc(F)cc2OC)n1. The fourth-order valence-electron chi connectivity index (χ4n) is 1.76. The summed E-state index contributed by atoms with van der Waals surface area (Å²) in [4.78, 5) is 4.48. The summed E-state index contributed by atoms with van der Waals surface area (Å²) in [7, 11) is 1.55. The third kappa shape index (κ3) is 3.75. The van der Waals surface area contributed by atoms with Crippen LogP contribution in [0.1, 0.15) is 23.2 Å². The number of aromatic nitrogens is 1. The number of methoxy groups -OCH3 is 1. The van der Waals surface area contributed by atoms with Crippen molar-refractivity contribution < 1.29 is 9.13 Å². The van der Waals surface area contributed by atoms with Gasteiger partial charge in [0.05, 0.1) is 12.8 Å². The van der Waals surface area contributed by atoms with Gasteiger partial charge in [-0.2, -0.15) is 0 Å². The van der Waals surface area contributed by atoms with Crippen LogP contribution < -0.4 is 10.1 Å². The van der Waals surface area contributed by atoms with Gasteiger partial charge in [-0.1, -0.05) is 13.0 Å². The molecule has 0 saturated heterocycles. The lowest BCUT2D eigenvalue weighted by Crippen LogP contribution is -2.13. The van der Waals surface area contributed by atoms with Gasteiger partial charge in [-0.3, -0.25) is 0 Å². The van der Waals surface area contributed by atoms with E-state index in [0.717, 1.165) is 22.7 Å². The largest absolute Gasteiger partial charge is 0.496 e. The summed E-state index contributed by atoms with van der Waals surface area (Å²) < 4.78 is 18.2. The molecule has 3 nitrogen and oxygen atoms in total. The number of aryl methyl sites for hydroxylation is 1. The second kappa shape index (κ2) is 6.63. The first-order valence-corrected chi connectivity index (χ1v) is 7.07. The Labute approximate surface area is 116 Å². The molecule has 1 aromatic heterocycles. The highest BCUT2D eigenvalue weighted by molar-refractivity contribution is 7.09. The van der Waals surface area contributed by atoms with E-state index in [1.54, 1.807) is 24.5 Å². The van der Waals surface area contributed by atoms with E-state index in [4.69, 9.17) is 4.74 Å². The van der Waals surface area contributed by atoms with Crippen molar-refractivity contribution >= 4 is 11.3 Å². The first-order valence-electron chi connectivity index (χ1n) is 6.19. The molecule has 0 amide bonds. The fraction of sp³-hybridized carbons (Fsp3) is 0.357. The smallest absolute Gasteiger partial charge is 0.126 e. The Hall–Kier alpha value is -1.46. The number of halogens is 1. The van der Waals surface area contributed by atoms with Crippen molar-refractivity contribution in [2.75, 3.05) is 7.11 Å². The average Bonchev–Trinajstić information content (AvgIpc) is 2.88. The van der Waals surface area contributed by atoms with Crippen LogP contribution >= 0.6 is 11.3 Å². The minimum Gasteiger partial charge on any atom is -0.496 e. The van der Waals surface area contributed by atoms with E-state index in [-0.39, 0.29) is 5.82 Å². The zero-order valence-corrected chi connectivity index (χ0v) is 11.9. The van der Waals surface area contributed by atoms with Crippen LogP contribution in [0.2, 0.25) is 0 Å². The van der Waals surface area contributed by atoms with Gasteiger partial charge in [-0.05, 0) is 12.5 Å². The lowest BCUT2D eigenvalue weighted by Gasteiger charge is -2.09. The number of nitrogens with one attached hydrogen (secondary N) is 1. The quantitative estimate of drug-likeness (QED) is 0.882. The topological polar surface area (TPSA) is 34.1 Å². The van der Waals surface area contributed by atoms with Crippen LogP contribution in [0.15, 0.2) is 23.6 Å². The van der Waals surface area contributed by atoms with Crippen molar-refractivity contribution in [3.8, 4) is 5.75 Å². The van der Waals surface area contributed by atoms with Gasteiger partial charge in [-0.15, -0.1) is 11.3 Å². The molecule has 2 aromatic rings. The highest BCUT2D eigenvalue weighted by Crippen LogP contribution is 2.19. The molecule has 0 aliphatic rings. The van der Waals surface area contributed by atoms with Crippen molar-refractivity contribution in [2.24, 2.45) is 0 Å². The number of hydrogen-bond donors (Lipinski definition) is 1. The number of rotatable bonds is 6. The summed E-state index contributed by atoms with van der Waals surface area (Å²) in [5.41, 5.74) is 2.07. The summed E-state index contributed by atoms with van der Waals surface area (Å²) in [6.07, 6.45) is 0.961. The van der Waals surface area contributed by atoms with E-state index in [9.17, 15) is 4.39 Å². The summed E-state index contributed by atoms with van der Waals surface area (Å²) >= 11 is 1.66. The van der Waals surface area contributed by atoms with Gasteiger partial charge >= 0.3 is 0 Å². The average molecular weight is 280 g/mol. The predicted molar refractivity (Wildman–Crippen MR) is 75.0 cm³/mol. The van der Waals surface area contributed by atoms with Crippen molar-refractivity contribution in [2.45, 2.75) is 26.4 Å². The molecule has 102 valence electrons. The molecule has 1 aromatic carbocycles. The lowest BCUT2D eigenvalue weighted by atomic mass is 10.2. The van der Waals surface area contributed by atoms with Crippen molar-refractivity contribution in [1.82, 2.24) is 10.3 Å². The maximum absolute atomic E-state index is 13.1. The Bertz CT molecular complexity index is 542. The number of ether oxygens (including phenoxy) is 1. The van der Waals surface area contributed by atoms with Crippen LogP contribution in [0, 0.1) is 5.82 Å². The normalized spacial score (nSPS) is 10.7. The van der Waals surface area contributed by atoms with Gasteiger partial charge in [0.25, 0.3) is 0 Å². The Morgan fingerprint density at radius 3 is 2.89 bits per heavy atom. The molecule has 1 N–H and O–H groups in total. The number of thiazole rings is 1. The van der Waals surface area contributed by atoms with Gasteiger partial charge in [0.1, 0.15) is 16.6 Å². The van der Waals surface area contributed by atoms with Crippen LogP contribution in [0.4, 0.5) is 4.39 Å². The molecule has 0 bridgehead atoms. The fourth-order valence-corrected chi connectivity index (χ4v) is 2.61. The van der Waals surface area contributed by atoms with Gasteiger partial charge in [0.15, 0.2) is 0 Å². The molecule has 0 saturated carbocycles. The monoisotopic (exact) mass is 280 g/mol. The molecular weight excluding hydrogens is 263 g/mol. The molecule has 0 fully saturated rings. The third-order valence-electron chi connectivity index (χ3n) is 2.80. The molecule has 5 heteroatoms. The first kappa shape index (κ1) is 14.0. The van der Waals surface area contributed by atoms with E-state index < -0.39 is 0 Å². The summed E-state index contributed by atoms with van der Waals surface area (Å²) in [6, 6.07) is 4.58. The Morgan fingerprint density at radius 1 is 1.37 bits per heavy atom. The number of benzene rings is 1. The summed E-state index contributed by atoms with van der Waals surface area (Å²) in [6.45, 7) is 3.44. The Morgan fingerprint density at radius 2 is 2.21 bits per heavy atom. The van der Waals surface area contributed by atoms with Gasteiger partial charge in [0.2, 0.25) is 0 Å². The van der Waals surface area contributed by atoms with Gasteiger partial charge in [-0.25, -0.2) is 9.37 Å². The molecule has 0 unspecified atom stereocenters. The second-order valence-electron chi connectivity index (χ2n) is 4.15. The Balaban J connectivity index is 1.92. The van der Waals surface area contributed by atoms with Gasteiger partial charge in [0, 0.05) is 30.1 Å². The van der Waals surface area contributed by atoms with Crippen LogP contribution in [0.25, 0.3) is 0 Å². The maximum Gasteiger partial charge on any atom is 0.126 e. The van der Waals surface area contributed by atoms with E-state index in [0.29, 0.717) is 18.8 Å². The predicted octanol–water partition coefficient (Wildman–Crippen LogP) is 3.14. The minimum atomic E-state index is -0.284. The zero-order chi connectivity index (χ0) is 13.7. The second-order valence-corrected chi connectivity index (χ2v) is 5.09. The molecular formula is C14H17FN2OS. The first-order chi connectivity index (χ1) is 9.22. The van der Waals surface area contributed by atoms with Crippen LogP contribution in [0.3, 0.4) is 0 Å². The van der Waals surface area contributed by atoms with E-state index in [1.807, 2.05) is 0 Å². The van der Waals surface area contributed by atoms with Crippen LogP contribution in [0.5, 0.6) is 5.75 Å². The zero-order valence-electron chi connectivity index (χ0n) is 11.1. The van der Waals surface area contributed by atoms with Gasteiger partial charge < -0.3 is 10.1 Å². The summed E-state index contributed by atoms with van der Waals surface area (Å²) in [5.74, 6) is 0.286. The van der Waals surface area contributed by atoms with E-state index in [1.165, 1.54) is 12.1 Å². The maximum atomic E-state index is 13.1. The molecule has 0 atom stereocenters. The Kier molecular flexibility index (Phi) is 4.87. The third-order valence-corrected chi connectivity index (χ3v) is 3.70. The lowest BCUT2D eigenvalue weighted by molar-refractivity contribution is 0.404. The van der Waals surface area contributed by atoms with Crippen molar-refractivity contribution in [3.05, 3.63) is 45.7 Å². The number of nitrogens with zero attached hydrogens (tertiary/aromatic N) is 1. The molecule has 0 aliphatic carbocycles. The molecule has 1 heterocycles. The van der Waals surface area contributed by atoms with E-state index >= 15 is 0 Å². The highest BCUT2D eigenvalue weighted by atomic mass is 32.1. The molecule has 0 radical (unpaired) electrons. The van der Waals surface area contributed by atoms with Crippen molar-refractivity contribution in [3.63, 3.8) is 0 Å². The van der Waals surface area contributed by atoms with Crippen LogP contribution in [-0.4, -0.2) is 12.1 Å². The number of hydrogen-bond acceptors (Lipinski definition) is 4. The van der Waals surface area contributed by atoms with Crippen LogP contribution in [-0.2, 0) is 19.5 Å². The standard InChI is InChI=1S/C14H17FN2OS/c1-3-12-9-19-14(17-12)8-16-7-10-4-5-11(15)6-13(10)18-2/h4-6,9,16H,3,7-8H2,1-2H3. The van der Waals surface area contributed by atoms with E-state index in [2.05, 4.69) is 22.6 Å². The minimum absolute atomic E-state index is 0.284. The summed E-state index contributed by atoms with van der Waals surface area (Å²) in [5, 5.41) is 6.44. The molecule has 2 rings (SSSR count). The molecule has 0 spiro atoms.